The summed E-state index contributed by atoms with van der Waals surface area (Å²) in [6, 6.07) is 17.1. The third-order valence-corrected chi connectivity index (χ3v) is 7.31. The minimum absolute atomic E-state index is 0.0908. The van der Waals surface area contributed by atoms with Gasteiger partial charge >= 0.3 is 0 Å². The van der Waals surface area contributed by atoms with Gasteiger partial charge < -0.3 is 14.6 Å². The molecule has 0 saturated carbocycles. The zero-order chi connectivity index (χ0) is 21.4. The number of benzene rings is 2. The van der Waals surface area contributed by atoms with Gasteiger partial charge in [-0.05, 0) is 55.3 Å². The Labute approximate surface area is 187 Å². The number of carbonyl (C=O) groups is 2. The van der Waals surface area contributed by atoms with Gasteiger partial charge in [0.05, 0.1) is 22.2 Å². The van der Waals surface area contributed by atoms with Crippen molar-refractivity contribution >= 4 is 56.5 Å². The highest BCUT2D eigenvalue weighted by Gasteiger charge is 2.30. The summed E-state index contributed by atoms with van der Waals surface area (Å²) in [6.45, 7) is 2.08. The molecule has 0 bridgehead atoms. The zero-order valence-corrected chi connectivity index (χ0v) is 18.3. The minimum atomic E-state index is -0.297. The second-order valence-corrected chi connectivity index (χ2v) is 9.58. The third-order valence-electron chi connectivity index (χ3n) is 5.17. The zero-order valence-electron chi connectivity index (χ0n) is 16.7. The van der Waals surface area contributed by atoms with Crippen LogP contribution in [0.25, 0.3) is 10.2 Å². The van der Waals surface area contributed by atoms with E-state index in [0.29, 0.717) is 11.4 Å². The second-order valence-electron chi connectivity index (χ2n) is 7.33. The first-order valence-corrected chi connectivity index (χ1v) is 11.7. The summed E-state index contributed by atoms with van der Waals surface area (Å²) in [7, 11) is 0. The van der Waals surface area contributed by atoms with Crippen molar-refractivity contribution in [2.45, 2.75) is 23.7 Å². The fourth-order valence-electron chi connectivity index (χ4n) is 3.78. The molecule has 2 aromatic heterocycles. The number of furan rings is 1. The van der Waals surface area contributed by atoms with Crippen molar-refractivity contribution < 1.29 is 14.0 Å². The summed E-state index contributed by atoms with van der Waals surface area (Å²) < 4.78 is 6.91. The van der Waals surface area contributed by atoms with Gasteiger partial charge in [-0.2, -0.15) is 0 Å². The van der Waals surface area contributed by atoms with E-state index in [4.69, 9.17) is 4.42 Å². The molecule has 6 nitrogen and oxygen atoms in total. The maximum atomic E-state index is 12.9. The van der Waals surface area contributed by atoms with E-state index in [2.05, 4.69) is 23.3 Å². The molecule has 2 aromatic carbocycles. The lowest BCUT2D eigenvalue weighted by molar-refractivity contribution is -0.116. The number of fused-ring (bicyclic) bond motifs is 2. The number of amides is 2. The van der Waals surface area contributed by atoms with Crippen LogP contribution in [0.1, 0.15) is 23.0 Å². The molecule has 1 atom stereocenters. The molecular weight excluding hydrogens is 430 g/mol. The summed E-state index contributed by atoms with van der Waals surface area (Å²) in [6.07, 6.45) is 2.35. The molecule has 2 amide bonds. The maximum Gasteiger partial charge on any atom is 0.291 e. The fraction of sp³-hybridized carbons (Fsp3) is 0.174. The number of aromatic nitrogens is 1. The van der Waals surface area contributed by atoms with Crippen molar-refractivity contribution in [3.05, 3.63) is 72.2 Å². The van der Waals surface area contributed by atoms with Crippen molar-refractivity contribution in [2.24, 2.45) is 0 Å². The van der Waals surface area contributed by atoms with E-state index < -0.39 is 0 Å². The molecule has 1 aliphatic rings. The van der Waals surface area contributed by atoms with E-state index in [1.54, 1.807) is 12.1 Å². The molecular formula is C23H19N3O3S2. The predicted molar refractivity (Wildman–Crippen MR) is 124 cm³/mol. The largest absolute Gasteiger partial charge is 0.459 e. The maximum absolute atomic E-state index is 12.9. The van der Waals surface area contributed by atoms with Gasteiger partial charge in [0.15, 0.2) is 10.1 Å². The number of anilines is 2. The van der Waals surface area contributed by atoms with Gasteiger partial charge in [0, 0.05) is 17.4 Å². The lowest BCUT2D eigenvalue weighted by atomic mass is 10.1. The molecule has 0 radical (unpaired) electrons. The van der Waals surface area contributed by atoms with E-state index in [1.807, 2.05) is 41.3 Å². The van der Waals surface area contributed by atoms with E-state index in [1.165, 1.54) is 34.9 Å². The van der Waals surface area contributed by atoms with Gasteiger partial charge in [-0.1, -0.05) is 30.0 Å². The highest BCUT2D eigenvalue weighted by Crippen LogP contribution is 2.35. The lowest BCUT2D eigenvalue weighted by Crippen LogP contribution is -2.36. The predicted octanol–water partition coefficient (Wildman–Crippen LogP) is 5.21. The standard InChI is InChI=1S/C23H19N3O3S2/c1-14-11-15-5-2-3-6-18(15)26(14)21(27)13-30-23-25-17-9-8-16(12-20(17)31-23)24-22(28)19-7-4-10-29-19/h2-10,12,14H,11,13H2,1H3,(H,24,28)/t14-/m0/s1. The van der Waals surface area contributed by atoms with Crippen LogP contribution in [0.3, 0.4) is 0 Å². The van der Waals surface area contributed by atoms with Crippen LogP contribution in [0, 0.1) is 0 Å². The number of hydrogen-bond acceptors (Lipinski definition) is 6. The lowest BCUT2D eigenvalue weighted by Gasteiger charge is -2.22. The smallest absolute Gasteiger partial charge is 0.291 e. The van der Waals surface area contributed by atoms with Crippen molar-refractivity contribution in [1.29, 1.82) is 0 Å². The molecule has 31 heavy (non-hydrogen) atoms. The number of rotatable bonds is 5. The number of thioether (sulfide) groups is 1. The van der Waals surface area contributed by atoms with Crippen molar-refractivity contribution in [2.75, 3.05) is 16.0 Å². The minimum Gasteiger partial charge on any atom is -0.459 e. The molecule has 0 saturated heterocycles. The van der Waals surface area contributed by atoms with E-state index >= 15 is 0 Å². The van der Waals surface area contributed by atoms with Gasteiger partial charge in [-0.25, -0.2) is 4.98 Å². The average Bonchev–Trinajstić information content (AvgIpc) is 3.49. The number of nitrogens with one attached hydrogen (secondary N) is 1. The summed E-state index contributed by atoms with van der Waals surface area (Å²) in [4.78, 5) is 31.6. The van der Waals surface area contributed by atoms with Crippen LogP contribution in [0.5, 0.6) is 0 Å². The van der Waals surface area contributed by atoms with Gasteiger partial charge in [0.25, 0.3) is 5.91 Å². The van der Waals surface area contributed by atoms with Crippen LogP contribution in [0.2, 0.25) is 0 Å². The Balaban J connectivity index is 1.27. The van der Waals surface area contributed by atoms with Crippen LogP contribution in [-0.4, -0.2) is 28.6 Å². The normalized spacial score (nSPS) is 15.3. The molecule has 0 fully saturated rings. The molecule has 1 aliphatic heterocycles. The molecule has 8 heteroatoms. The van der Waals surface area contributed by atoms with Gasteiger partial charge in [0.2, 0.25) is 5.91 Å². The average molecular weight is 450 g/mol. The van der Waals surface area contributed by atoms with E-state index in [-0.39, 0.29) is 23.6 Å². The molecule has 4 aromatic rings. The second kappa shape index (κ2) is 8.20. The first-order valence-electron chi connectivity index (χ1n) is 9.87. The summed E-state index contributed by atoms with van der Waals surface area (Å²) in [5.74, 6) is 0.389. The summed E-state index contributed by atoms with van der Waals surface area (Å²) in [5.41, 5.74) is 3.75. The number of nitrogens with zero attached hydrogens (tertiary/aromatic N) is 2. The number of carbonyl (C=O) groups excluding carboxylic acids is 2. The SMILES string of the molecule is C[C@H]1Cc2ccccc2N1C(=O)CSc1nc2ccc(NC(=O)c3ccco3)cc2s1. The monoisotopic (exact) mass is 449 g/mol. The Morgan fingerprint density at radius 1 is 1.23 bits per heavy atom. The first-order chi connectivity index (χ1) is 15.1. The van der Waals surface area contributed by atoms with Gasteiger partial charge in [-0.15, -0.1) is 11.3 Å². The Morgan fingerprint density at radius 3 is 2.94 bits per heavy atom. The van der Waals surface area contributed by atoms with Crippen LogP contribution < -0.4 is 10.2 Å². The van der Waals surface area contributed by atoms with Crippen LogP contribution in [0.4, 0.5) is 11.4 Å². The Bertz CT molecular complexity index is 1270. The third kappa shape index (κ3) is 3.96. The highest BCUT2D eigenvalue weighted by atomic mass is 32.2. The van der Waals surface area contributed by atoms with Crippen LogP contribution in [-0.2, 0) is 11.2 Å². The molecule has 0 aliphatic carbocycles. The van der Waals surface area contributed by atoms with Crippen molar-refractivity contribution in [3.8, 4) is 0 Å². The number of thiazole rings is 1. The van der Waals surface area contributed by atoms with Crippen molar-refractivity contribution in [3.63, 3.8) is 0 Å². The summed E-state index contributed by atoms with van der Waals surface area (Å²) in [5, 5.41) is 2.83. The quantitative estimate of drug-likeness (QED) is 0.423. The Kier molecular flexibility index (Phi) is 5.25. The molecule has 5 rings (SSSR count). The first kappa shape index (κ1) is 19.8. The van der Waals surface area contributed by atoms with E-state index in [0.717, 1.165) is 26.7 Å². The molecule has 3 heterocycles. The highest BCUT2D eigenvalue weighted by molar-refractivity contribution is 8.01. The number of para-hydroxylation sites is 1. The molecule has 0 unspecified atom stereocenters. The van der Waals surface area contributed by atoms with Gasteiger partial charge in [-0.3, -0.25) is 9.59 Å². The summed E-state index contributed by atoms with van der Waals surface area (Å²) >= 11 is 2.96. The topological polar surface area (TPSA) is 75.4 Å². The Hall–Kier alpha value is -3.10. The van der Waals surface area contributed by atoms with Gasteiger partial charge in [0.1, 0.15) is 0 Å². The molecule has 0 spiro atoms. The van der Waals surface area contributed by atoms with E-state index in [9.17, 15) is 9.59 Å². The number of hydrogen-bond donors (Lipinski definition) is 1. The van der Waals surface area contributed by atoms with Crippen molar-refractivity contribution in [1.82, 2.24) is 4.98 Å². The fourth-order valence-corrected chi connectivity index (χ4v) is 5.75. The molecule has 1 N–H and O–H groups in total. The van der Waals surface area contributed by atoms with Crippen LogP contribution >= 0.6 is 23.1 Å². The van der Waals surface area contributed by atoms with Crippen LogP contribution in [0.15, 0.2) is 69.6 Å². The Morgan fingerprint density at radius 2 is 2.10 bits per heavy atom. The molecule has 156 valence electrons.